The van der Waals surface area contributed by atoms with Gasteiger partial charge in [-0.25, -0.2) is 0 Å². The van der Waals surface area contributed by atoms with Crippen molar-refractivity contribution >= 4 is 20.0 Å². The van der Waals surface area contributed by atoms with Gasteiger partial charge in [0, 0.05) is 0 Å². The average molecular weight is 412 g/mol. The Morgan fingerprint density at radius 1 is 0.750 bits per heavy atom. The molecule has 0 aliphatic heterocycles. The van der Waals surface area contributed by atoms with E-state index in [1.165, 1.54) is 40.6 Å². The monoisotopic (exact) mass is 412 g/mol. The summed E-state index contributed by atoms with van der Waals surface area (Å²) in [5.74, 6) is 1.41. The number of methoxy groups -OCH3 is 4. The minimum Gasteiger partial charge on any atom is -0.780 e. The predicted octanol–water partition coefficient (Wildman–Crippen LogP) is 2.48. The molecule has 4 N–H and O–H groups in total. The highest BCUT2D eigenvalue weighted by Crippen LogP contribution is 2.39. The van der Waals surface area contributed by atoms with Crippen LogP contribution in [0.4, 0.5) is 0 Å². The number of rotatable bonds is 8. The van der Waals surface area contributed by atoms with Gasteiger partial charge >= 0.3 is 0 Å². The molecule has 0 aliphatic carbocycles. The van der Waals surface area contributed by atoms with E-state index in [0.717, 1.165) is 5.56 Å². The Morgan fingerprint density at radius 2 is 1.25 bits per heavy atom. The van der Waals surface area contributed by atoms with Crippen molar-refractivity contribution in [1.82, 2.24) is 6.15 Å². The van der Waals surface area contributed by atoms with Gasteiger partial charge in [-0.2, -0.15) is 0 Å². The lowest BCUT2D eigenvalue weighted by Gasteiger charge is -2.29. The molecule has 0 fully saturated rings. The second-order valence-corrected chi connectivity index (χ2v) is 6.32. The summed E-state index contributed by atoms with van der Waals surface area (Å²) in [5, 5.41) is 0. The van der Waals surface area contributed by atoms with Crippen LogP contribution in [0.25, 0.3) is 12.2 Å². The normalized spacial score (nSPS) is 10.9. The summed E-state index contributed by atoms with van der Waals surface area (Å²) < 4.78 is 36.2. The van der Waals surface area contributed by atoms with Crippen LogP contribution < -0.4 is 39.4 Å². The number of phosphoric acid groups is 1. The number of phosphoric ester groups is 1. The zero-order valence-electron chi connectivity index (χ0n) is 16.3. The standard InChI is InChI=1S/C18H21O8P.H3N/c1-22-14-8-7-12(9-15(14)26-27(19,20)21)5-6-13-10-16(23-2)18(25-4)17(11-13)24-3;/h5-11H,1-4H3,(H2,19,20,21);1H3/p-1/b6-5-;. The molecule has 2 aromatic rings. The van der Waals surface area contributed by atoms with E-state index in [9.17, 15) is 14.4 Å². The van der Waals surface area contributed by atoms with Crippen LogP contribution in [0.15, 0.2) is 30.3 Å². The maximum Gasteiger partial charge on any atom is 0.203 e. The third kappa shape index (κ3) is 5.90. The molecular weight excluding hydrogens is 389 g/mol. The van der Waals surface area contributed by atoms with Crippen LogP contribution in [-0.4, -0.2) is 28.4 Å². The van der Waals surface area contributed by atoms with Crippen molar-refractivity contribution in [3.8, 4) is 28.7 Å². The molecule has 10 heteroatoms. The fourth-order valence-corrected chi connectivity index (χ4v) is 2.76. The molecule has 0 atom stereocenters. The summed E-state index contributed by atoms with van der Waals surface area (Å²) >= 11 is 0. The van der Waals surface area contributed by atoms with Crippen LogP contribution in [0.2, 0.25) is 0 Å². The summed E-state index contributed by atoms with van der Waals surface area (Å²) in [4.78, 5) is 21.8. The Hall–Kier alpha value is -2.71. The highest BCUT2D eigenvalue weighted by Gasteiger charge is 2.12. The van der Waals surface area contributed by atoms with Gasteiger partial charge in [0.25, 0.3) is 0 Å². The number of ether oxygens (including phenoxy) is 4. The first-order valence-electron chi connectivity index (χ1n) is 7.69. The SMILES string of the molecule is COc1ccc(/C=C\c2cc(OC)c(OC)c(OC)c2)cc1OP(=O)([O-])[O-].[NH4+]. The van der Waals surface area contributed by atoms with Crippen molar-refractivity contribution in [1.29, 1.82) is 0 Å². The van der Waals surface area contributed by atoms with Crippen molar-refractivity contribution in [2.45, 2.75) is 0 Å². The first-order chi connectivity index (χ1) is 12.8. The first-order valence-corrected chi connectivity index (χ1v) is 9.15. The van der Waals surface area contributed by atoms with Gasteiger partial charge in [-0.15, -0.1) is 0 Å². The zero-order valence-corrected chi connectivity index (χ0v) is 17.1. The quantitative estimate of drug-likeness (QED) is 0.514. The third-order valence-corrected chi connectivity index (χ3v) is 3.97. The van der Waals surface area contributed by atoms with Crippen molar-refractivity contribution in [2.24, 2.45) is 0 Å². The average Bonchev–Trinajstić information content (AvgIpc) is 2.64. The Bertz CT molecular complexity index is 853. The first kappa shape index (κ1) is 23.3. The van der Waals surface area contributed by atoms with Gasteiger partial charge in [-0.05, 0) is 35.4 Å². The predicted molar refractivity (Wildman–Crippen MR) is 102 cm³/mol. The van der Waals surface area contributed by atoms with Crippen LogP contribution >= 0.6 is 7.82 Å². The Morgan fingerprint density at radius 3 is 1.71 bits per heavy atom. The summed E-state index contributed by atoms with van der Waals surface area (Å²) in [6, 6.07) is 8.07. The summed E-state index contributed by atoms with van der Waals surface area (Å²) in [7, 11) is 0.680. The van der Waals surface area contributed by atoms with Crippen LogP contribution in [-0.2, 0) is 4.57 Å². The zero-order chi connectivity index (χ0) is 20.0. The molecule has 0 saturated carbocycles. The summed E-state index contributed by atoms with van der Waals surface area (Å²) in [6.07, 6.45) is 3.46. The van der Waals surface area contributed by atoms with Gasteiger partial charge in [0.1, 0.15) is 7.82 Å². The fraction of sp³-hybridized carbons (Fsp3) is 0.222. The molecular formula is C18H23NO8P-. The second kappa shape index (κ2) is 10.0. The Balaban J connectivity index is 0.00000392. The molecule has 0 saturated heterocycles. The maximum atomic E-state index is 10.9. The molecule has 2 aromatic carbocycles. The molecule has 0 unspecified atom stereocenters. The van der Waals surface area contributed by atoms with E-state index in [-0.39, 0.29) is 17.6 Å². The maximum absolute atomic E-state index is 10.9. The van der Waals surface area contributed by atoms with E-state index < -0.39 is 7.82 Å². The molecule has 0 bridgehead atoms. The number of hydrogen-bond donors (Lipinski definition) is 1. The highest BCUT2D eigenvalue weighted by atomic mass is 31.2. The van der Waals surface area contributed by atoms with Gasteiger partial charge in [-0.1, -0.05) is 18.2 Å². The van der Waals surface area contributed by atoms with Crippen LogP contribution in [0.5, 0.6) is 28.7 Å². The molecule has 0 radical (unpaired) electrons. The lowest BCUT2D eigenvalue weighted by Crippen LogP contribution is -2.18. The van der Waals surface area contributed by atoms with E-state index in [0.29, 0.717) is 22.8 Å². The smallest absolute Gasteiger partial charge is 0.203 e. The van der Waals surface area contributed by atoms with Gasteiger partial charge in [0.15, 0.2) is 23.0 Å². The van der Waals surface area contributed by atoms with E-state index in [4.69, 9.17) is 18.9 Å². The van der Waals surface area contributed by atoms with Crippen molar-refractivity contribution in [2.75, 3.05) is 28.4 Å². The molecule has 154 valence electrons. The van der Waals surface area contributed by atoms with Gasteiger partial charge in [0.2, 0.25) is 5.75 Å². The van der Waals surface area contributed by atoms with Crippen LogP contribution in [0.3, 0.4) is 0 Å². The van der Waals surface area contributed by atoms with Crippen molar-refractivity contribution in [3.63, 3.8) is 0 Å². The number of hydrogen-bond acceptors (Lipinski definition) is 8. The van der Waals surface area contributed by atoms with Crippen molar-refractivity contribution in [3.05, 3.63) is 41.5 Å². The van der Waals surface area contributed by atoms with Crippen molar-refractivity contribution < 1.29 is 37.8 Å². The van der Waals surface area contributed by atoms with E-state index in [2.05, 4.69) is 4.52 Å². The van der Waals surface area contributed by atoms with Crippen LogP contribution in [0, 0.1) is 0 Å². The Labute approximate surface area is 163 Å². The van der Waals surface area contributed by atoms with Crippen LogP contribution in [0.1, 0.15) is 11.1 Å². The number of quaternary nitrogens is 1. The molecule has 9 nitrogen and oxygen atoms in total. The van der Waals surface area contributed by atoms with E-state index in [1.54, 1.807) is 30.4 Å². The molecule has 0 amide bonds. The van der Waals surface area contributed by atoms with Gasteiger partial charge in [-0.3, -0.25) is 0 Å². The third-order valence-electron chi connectivity index (χ3n) is 3.55. The number of benzene rings is 2. The molecule has 0 heterocycles. The Kier molecular flexibility index (Phi) is 8.34. The van der Waals surface area contributed by atoms with E-state index in [1.807, 2.05) is 0 Å². The van der Waals surface area contributed by atoms with Gasteiger partial charge < -0.3 is 44.0 Å². The fourth-order valence-electron chi connectivity index (χ4n) is 2.38. The largest absolute Gasteiger partial charge is 0.780 e. The molecule has 28 heavy (non-hydrogen) atoms. The highest BCUT2D eigenvalue weighted by molar-refractivity contribution is 7.43. The summed E-state index contributed by atoms with van der Waals surface area (Å²) in [5.41, 5.74) is 1.34. The summed E-state index contributed by atoms with van der Waals surface area (Å²) in [6.45, 7) is 0. The molecule has 0 aromatic heterocycles. The van der Waals surface area contributed by atoms with E-state index >= 15 is 0 Å². The lowest BCUT2D eigenvalue weighted by molar-refractivity contribution is -0.333. The molecule has 0 spiro atoms. The minimum absolute atomic E-state index is 0. The molecule has 0 aliphatic rings. The minimum atomic E-state index is -5.21. The van der Waals surface area contributed by atoms with Gasteiger partial charge in [0.05, 0.1) is 28.4 Å². The second-order valence-electron chi connectivity index (χ2n) is 5.24. The molecule has 2 rings (SSSR count). The topological polar surface area (TPSA) is 146 Å². The lowest BCUT2D eigenvalue weighted by atomic mass is 10.1.